The molecule has 2 aromatic heterocycles. The average molecular weight is 240 g/mol. The summed E-state index contributed by atoms with van der Waals surface area (Å²) in [6, 6.07) is 0. The number of carbonyl (C=O) groups is 1. The molecule has 84 valence electrons. The van der Waals surface area contributed by atoms with Crippen molar-refractivity contribution in [3.05, 3.63) is 28.3 Å². The van der Waals surface area contributed by atoms with Gasteiger partial charge >= 0.3 is 5.97 Å². The van der Waals surface area contributed by atoms with E-state index in [1.54, 1.807) is 17.5 Å². The Balaban J connectivity index is 2.62. The number of aliphatic carboxylic acids is 1. The fourth-order valence-corrected chi connectivity index (χ4v) is 2.31. The van der Waals surface area contributed by atoms with Crippen LogP contribution in [-0.2, 0) is 4.79 Å². The number of hydrogen-bond acceptors (Lipinski definition) is 3. The molecule has 0 saturated carbocycles. The monoisotopic (exact) mass is 240 g/mol. The van der Waals surface area contributed by atoms with Crippen LogP contribution >= 0.6 is 11.3 Å². The van der Waals surface area contributed by atoms with Crippen LogP contribution in [0.3, 0.4) is 0 Å². The standard InChI is InChI=1S/C10H9FN2O2S/c1-5-4-13-8(3-7(11)9(14)15)6(2)12-10(13)16-5/h3-4H,1-2H3,(H,14,15). The van der Waals surface area contributed by atoms with E-state index in [9.17, 15) is 9.18 Å². The predicted molar refractivity (Wildman–Crippen MR) is 59.3 cm³/mol. The Kier molecular flexibility index (Phi) is 2.51. The van der Waals surface area contributed by atoms with Gasteiger partial charge < -0.3 is 5.11 Å². The van der Waals surface area contributed by atoms with Crippen molar-refractivity contribution in [3.8, 4) is 0 Å². The normalized spacial score (nSPS) is 12.3. The third-order valence-corrected chi connectivity index (χ3v) is 3.03. The molecule has 4 nitrogen and oxygen atoms in total. The van der Waals surface area contributed by atoms with Crippen molar-refractivity contribution >= 4 is 28.3 Å². The quantitative estimate of drug-likeness (QED) is 0.820. The summed E-state index contributed by atoms with van der Waals surface area (Å²) in [4.78, 5) is 16.4. The minimum atomic E-state index is -1.57. The van der Waals surface area contributed by atoms with Gasteiger partial charge in [-0.05, 0) is 13.8 Å². The Morgan fingerprint density at radius 2 is 2.31 bits per heavy atom. The fraction of sp³-hybridized carbons (Fsp3) is 0.200. The van der Waals surface area contributed by atoms with Crippen LogP contribution in [0.4, 0.5) is 4.39 Å². The molecule has 0 aromatic carbocycles. The summed E-state index contributed by atoms with van der Waals surface area (Å²) >= 11 is 1.48. The zero-order chi connectivity index (χ0) is 11.9. The molecule has 2 rings (SSSR count). The van der Waals surface area contributed by atoms with Crippen molar-refractivity contribution in [2.24, 2.45) is 0 Å². The zero-order valence-corrected chi connectivity index (χ0v) is 9.51. The third-order valence-electron chi connectivity index (χ3n) is 2.13. The maximum Gasteiger partial charge on any atom is 0.364 e. The topological polar surface area (TPSA) is 54.6 Å². The lowest BCUT2D eigenvalue weighted by atomic mass is 10.3. The summed E-state index contributed by atoms with van der Waals surface area (Å²) in [5, 5.41) is 8.48. The van der Waals surface area contributed by atoms with Crippen LogP contribution in [0.15, 0.2) is 12.0 Å². The van der Waals surface area contributed by atoms with Gasteiger partial charge in [0.25, 0.3) is 0 Å². The Hall–Kier alpha value is -1.69. The maximum atomic E-state index is 13.0. The number of rotatable bonds is 2. The molecule has 2 aromatic rings. The number of aryl methyl sites for hydroxylation is 2. The first-order chi connectivity index (χ1) is 7.49. The van der Waals surface area contributed by atoms with Gasteiger partial charge in [-0.1, -0.05) is 0 Å². The van der Waals surface area contributed by atoms with Gasteiger partial charge in [0, 0.05) is 17.2 Å². The molecule has 2 heterocycles. The van der Waals surface area contributed by atoms with Crippen LogP contribution < -0.4 is 0 Å². The summed E-state index contributed by atoms with van der Waals surface area (Å²) < 4.78 is 14.7. The highest BCUT2D eigenvalue weighted by Gasteiger charge is 2.12. The van der Waals surface area contributed by atoms with Gasteiger partial charge in [-0.2, -0.15) is 4.39 Å². The minimum absolute atomic E-state index is 0.472. The van der Waals surface area contributed by atoms with Crippen molar-refractivity contribution in [3.63, 3.8) is 0 Å². The number of carboxylic acid groups (broad SMARTS) is 1. The first-order valence-corrected chi connectivity index (χ1v) is 5.36. The smallest absolute Gasteiger partial charge is 0.364 e. The van der Waals surface area contributed by atoms with Gasteiger partial charge in [0.05, 0.1) is 11.4 Å². The molecular formula is C10H9FN2O2S. The second-order valence-electron chi connectivity index (χ2n) is 3.37. The lowest BCUT2D eigenvalue weighted by molar-refractivity contribution is -0.134. The van der Waals surface area contributed by atoms with Crippen molar-refractivity contribution in [2.45, 2.75) is 13.8 Å². The molecule has 0 aliphatic carbocycles. The van der Waals surface area contributed by atoms with E-state index in [-0.39, 0.29) is 0 Å². The largest absolute Gasteiger partial charge is 0.476 e. The van der Waals surface area contributed by atoms with E-state index < -0.39 is 11.8 Å². The zero-order valence-electron chi connectivity index (χ0n) is 8.69. The van der Waals surface area contributed by atoms with Crippen LogP contribution in [0, 0.1) is 13.8 Å². The van der Waals surface area contributed by atoms with E-state index in [2.05, 4.69) is 4.98 Å². The van der Waals surface area contributed by atoms with Crippen molar-refractivity contribution in [1.82, 2.24) is 9.38 Å². The Morgan fingerprint density at radius 3 is 2.94 bits per heavy atom. The molecule has 0 fully saturated rings. The molecule has 0 amide bonds. The van der Waals surface area contributed by atoms with E-state index in [1.807, 2.05) is 6.92 Å². The molecule has 1 N–H and O–H groups in total. The molecule has 16 heavy (non-hydrogen) atoms. The van der Waals surface area contributed by atoms with Gasteiger partial charge in [-0.25, -0.2) is 9.78 Å². The molecule has 0 saturated heterocycles. The molecule has 0 spiro atoms. The highest BCUT2D eigenvalue weighted by molar-refractivity contribution is 7.17. The highest BCUT2D eigenvalue weighted by Crippen LogP contribution is 2.22. The van der Waals surface area contributed by atoms with E-state index in [1.165, 1.54) is 11.3 Å². The molecule has 0 bridgehead atoms. The molecule has 0 aliphatic rings. The Labute approximate surface area is 94.7 Å². The number of aromatic nitrogens is 2. The predicted octanol–water partition coefficient (Wildman–Crippen LogP) is 2.41. The van der Waals surface area contributed by atoms with Crippen LogP contribution in [0.2, 0.25) is 0 Å². The lowest BCUT2D eigenvalue weighted by Crippen LogP contribution is -1.95. The highest BCUT2D eigenvalue weighted by atomic mass is 32.1. The summed E-state index contributed by atoms with van der Waals surface area (Å²) in [6.07, 6.45) is 2.80. The number of carboxylic acids is 1. The van der Waals surface area contributed by atoms with Crippen LogP contribution in [0.5, 0.6) is 0 Å². The second-order valence-corrected chi connectivity index (χ2v) is 4.59. The summed E-state index contributed by atoms with van der Waals surface area (Å²) in [6.45, 7) is 3.63. The van der Waals surface area contributed by atoms with Crippen LogP contribution in [-0.4, -0.2) is 20.5 Å². The molecule has 0 atom stereocenters. The number of halogens is 1. The summed E-state index contributed by atoms with van der Waals surface area (Å²) in [5.41, 5.74) is 1.09. The van der Waals surface area contributed by atoms with Crippen molar-refractivity contribution in [1.29, 1.82) is 0 Å². The van der Waals surface area contributed by atoms with E-state index in [0.29, 0.717) is 11.4 Å². The minimum Gasteiger partial charge on any atom is -0.476 e. The van der Waals surface area contributed by atoms with Gasteiger partial charge in [0.15, 0.2) is 4.96 Å². The average Bonchev–Trinajstić information content (AvgIpc) is 2.65. The van der Waals surface area contributed by atoms with Crippen molar-refractivity contribution < 1.29 is 14.3 Å². The molecule has 0 unspecified atom stereocenters. The lowest BCUT2D eigenvalue weighted by Gasteiger charge is -1.93. The second kappa shape index (κ2) is 3.71. The third kappa shape index (κ3) is 1.71. The maximum absolute atomic E-state index is 13.0. The number of imidazole rings is 1. The number of nitrogens with zero attached hydrogens (tertiary/aromatic N) is 2. The SMILES string of the molecule is Cc1cn2c(C=C(F)C(=O)O)c(C)nc2s1. The molecule has 6 heteroatoms. The molecule has 0 radical (unpaired) electrons. The van der Waals surface area contributed by atoms with E-state index in [4.69, 9.17) is 5.11 Å². The van der Waals surface area contributed by atoms with E-state index in [0.717, 1.165) is 15.9 Å². The molecule has 0 aliphatic heterocycles. The number of hydrogen-bond donors (Lipinski definition) is 1. The van der Waals surface area contributed by atoms with Gasteiger partial charge in [-0.3, -0.25) is 4.40 Å². The first-order valence-electron chi connectivity index (χ1n) is 4.54. The number of thiazole rings is 1. The first kappa shape index (κ1) is 10.8. The van der Waals surface area contributed by atoms with E-state index >= 15 is 0 Å². The fourth-order valence-electron chi connectivity index (χ4n) is 1.44. The summed E-state index contributed by atoms with van der Waals surface area (Å²) in [5.74, 6) is -2.75. The van der Waals surface area contributed by atoms with Gasteiger partial charge in [0.1, 0.15) is 0 Å². The van der Waals surface area contributed by atoms with Crippen LogP contribution in [0.25, 0.3) is 11.0 Å². The van der Waals surface area contributed by atoms with Crippen molar-refractivity contribution in [2.75, 3.05) is 0 Å². The van der Waals surface area contributed by atoms with Gasteiger partial charge in [0.2, 0.25) is 5.83 Å². The molecular weight excluding hydrogens is 231 g/mol. The summed E-state index contributed by atoms with van der Waals surface area (Å²) in [7, 11) is 0. The van der Waals surface area contributed by atoms with Gasteiger partial charge in [-0.15, -0.1) is 11.3 Å². The number of fused-ring (bicyclic) bond motifs is 1. The Bertz CT molecular complexity index is 597. The Morgan fingerprint density at radius 1 is 1.62 bits per heavy atom. The van der Waals surface area contributed by atoms with Crippen LogP contribution in [0.1, 0.15) is 16.3 Å².